The average Bonchev–Trinajstić information content (AvgIpc) is 3.26. The summed E-state index contributed by atoms with van der Waals surface area (Å²) in [4.78, 5) is 15.2. The Hall–Kier alpha value is -2.96. The molecule has 6 nitrogen and oxygen atoms in total. The molecule has 2 aliphatic rings. The number of hydrogen-bond donors (Lipinski definition) is 2. The fourth-order valence-corrected chi connectivity index (χ4v) is 3.72. The third-order valence-corrected chi connectivity index (χ3v) is 5.15. The Balaban J connectivity index is 1.47. The minimum atomic E-state index is -0.0840. The van der Waals surface area contributed by atoms with Crippen LogP contribution in [0.2, 0.25) is 0 Å². The van der Waals surface area contributed by atoms with E-state index in [0.717, 1.165) is 49.2 Å². The molecule has 0 spiro atoms. The number of Topliss-reactive ketones (excluding diaryl/α,β-unsaturated/α-hetero) is 1. The fraction of sp³-hybridized carbons (Fsp3) is 0.238. The topological polar surface area (TPSA) is 70.2 Å². The second kappa shape index (κ2) is 6.64. The number of carbonyl (C=O) groups excluding carboxylic acids is 1. The molecule has 1 aromatic heterocycles. The van der Waals surface area contributed by atoms with Crippen molar-refractivity contribution in [3.05, 3.63) is 65.0 Å². The summed E-state index contributed by atoms with van der Waals surface area (Å²) in [5.41, 5.74) is 3.34. The largest absolute Gasteiger partial charge is 0.452 e. The van der Waals surface area contributed by atoms with Crippen LogP contribution in [-0.2, 0) is 6.54 Å². The highest BCUT2D eigenvalue weighted by atomic mass is 16.5. The first-order valence-corrected chi connectivity index (χ1v) is 9.22. The van der Waals surface area contributed by atoms with Gasteiger partial charge in [0, 0.05) is 49.7 Å². The van der Waals surface area contributed by atoms with Gasteiger partial charge in [-0.1, -0.05) is 30.3 Å². The molecule has 1 fully saturated rings. The lowest BCUT2D eigenvalue weighted by Crippen LogP contribution is -2.42. The summed E-state index contributed by atoms with van der Waals surface area (Å²) in [7, 11) is 0. The van der Waals surface area contributed by atoms with Crippen LogP contribution in [0.25, 0.3) is 17.0 Å². The second-order valence-electron chi connectivity index (χ2n) is 6.91. The number of allylic oxidation sites excluding steroid dienone is 1. The molecule has 3 heterocycles. The SMILES string of the molecule is O=C1C(=Cc2n[nH]c3ccccc23)Oc2c(CN3CCNCC3)cccc21. The van der Waals surface area contributed by atoms with Crippen LogP contribution in [0.15, 0.2) is 48.2 Å². The fourth-order valence-electron chi connectivity index (χ4n) is 3.72. The molecule has 27 heavy (non-hydrogen) atoms. The zero-order valence-corrected chi connectivity index (χ0v) is 14.9. The molecule has 1 saturated heterocycles. The third kappa shape index (κ3) is 2.93. The van der Waals surface area contributed by atoms with Gasteiger partial charge in [0.2, 0.25) is 5.78 Å². The maximum Gasteiger partial charge on any atom is 0.232 e. The van der Waals surface area contributed by atoms with Crippen LogP contribution in [0.4, 0.5) is 0 Å². The summed E-state index contributed by atoms with van der Waals surface area (Å²) in [6.07, 6.45) is 1.73. The van der Waals surface area contributed by atoms with E-state index in [2.05, 4.69) is 20.4 Å². The lowest BCUT2D eigenvalue weighted by Gasteiger charge is -2.27. The molecule has 0 aliphatic carbocycles. The quantitative estimate of drug-likeness (QED) is 0.703. The summed E-state index contributed by atoms with van der Waals surface area (Å²) in [5, 5.41) is 11.6. The molecule has 0 atom stereocenters. The van der Waals surface area contributed by atoms with Gasteiger partial charge in [-0.05, 0) is 12.1 Å². The first-order valence-electron chi connectivity index (χ1n) is 9.22. The summed E-state index contributed by atoms with van der Waals surface area (Å²) in [6, 6.07) is 13.7. The number of ether oxygens (including phenoxy) is 1. The van der Waals surface area contributed by atoms with E-state index >= 15 is 0 Å². The summed E-state index contributed by atoms with van der Waals surface area (Å²) < 4.78 is 6.03. The standard InChI is InChI=1S/C21H20N4O2/c26-20-16-6-3-4-14(13-25-10-8-22-9-11-25)21(16)27-19(20)12-18-15-5-1-2-7-17(15)23-24-18/h1-7,12,22H,8-11,13H2,(H,23,24). The number of piperazine rings is 1. The Bertz CT molecular complexity index is 1050. The van der Waals surface area contributed by atoms with Gasteiger partial charge in [-0.25, -0.2) is 0 Å². The molecule has 5 rings (SSSR count). The summed E-state index contributed by atoms with van der Waals surface area (Å²) in [6.45, 7) is 4.77. The summed E-state index contributed by atoms with van der Waals surface area (Å²) >= 11 is 0. The number of nitrogens with zero attached hydrogens (tertiary/aromatic N) is 2. The molecular weight excluding hydrogens is 340 g/mol. The zero-order chi connectivity index (χ0) is 18.2. The van der Waals surface area contributed by atoms with Crippen molar-refractivity contribution in [2.75, 3.05) is 26.2 Å². The molecular formula is C21H20N4O2. The van der Waals surface area contributed by atoms with E-state index in [4.69, 9.17) is 4.74 Å². The van der Waals surface area contributed by atoms with Gasteiger partial charge in [0.1, 0.15) is 5.75 Å². The number of carbonyl (C=O) groups is 1. The van der Waals surface area contributed by atoms with Crippen LogP contribution >= 0.6 is 0 Å². The zero-order valence-electron chi connectivity index (χ0n) is 14.9. The molecule has 0 unspecified atom stereocenters. The van der Waals surface area contributed by atoms with Gasteiger partial charge in [0.25, 0.3) is 0 Å². The number of fused-ring (bicyclic) bond motifs is 2. The Kier molecular flexibility index (Phi) is 3.99. The highest BCUT2D eigenvalue weighted by molar-refractivity contribution is 6.15. The van der Waals surface area contributed by atoms with Gasteiger partial charge in [0.15, 0.2) is 5.76 Å². The van der Waals surface area contributed by atoms with Crippen molar-refractivity contribution in [2.24, 2.45) is 0 Å². The first kappa shape index (κ1) is 16.2. The number of ketones is 1. The number of nitrogens with one attached hydrogen (secondary N) is 2. The van der Waals surface area contributed by atoms with Gasteiger partial charge in [0.05, 0.1) is 16.8 Å². The van der Waals surface area contributed by atoms with Crippen LogP contribution in [0.1, 0.15) is 21.6 Å². The van der Waals surface area contributed by atoms with E-state index in [9.17, 15) is 4.79 Å². The van der Waals surface area contributed by atoms with E-state index in [1.165, 1.54) is 0 Å². The van der Waals surface area contributed by atoms with Crippen LogP contribution in [0, 0.1) is 0 Å². The number of aromatic amines is 1. The molecule has 2 N–H and O–H groups in total. The van der Waals surface area contributed by atoms with Crippen molar-refractivity contribution in [3.8, 4) is 5.75 Å². The molecule has 0 bridgehead atoms. The first-order chi connectivity index (χ1) is 13.3. The summed E-state index contributed by atoms with van der Waals surface area (Å²) in [5.74, 6) is 0.932. The van der Waals surface area contributed by atoms with Crippen molar-refractivity contribution in [2.45, 2.75) is 6.54 Å². The number of H-pyrrole nitrogens is 1. The van der Waals surface area contributed by atoms with Crippen LogP contribution in [-0.4, -0.2) is 47.1 Å². The highest BCUT2D eigenvalue weighted by Gasteiger charge is 2.30. The van der Waals surface area contributed by atoms with Gasteiger partial charge >= 0.3 is 0 Å². The minimum Gasteiger partial charge on any atom is -0.452 e. The minimum absolute atomic E-state index is 0.0840. The molecule has 6 heteroatoms. The van der Waals surface area contributed by atoms with Crippen LogP contribution in [0.5, 0.6) is 5.75 Å². The van der Waals surface area contributed by atoms with Crippen molar-refractivity contribution in [1.82, 2.24) is 20.4 Å². The van der Waals surface area contributed by atoms with Gasteiger partial charge < -0.3 is 10.1 Å². The monoisotopic (exact) mass is 360 g/mol. The van der Waals surface area contributed by atoms with Gasteiger partial charge in [-0.2, -0.15) is 5.10 Å². The van der Waals surface area contributed by atoms with Crippen LogP contribution in [0.3, 0.4) is 0 Å². The number of hydrogen-bond acceptors (Lipinski definition) is 5. The molecule has 2 aliphatic heterocycles. The van der Waals surface area contributed by atoms with E-state index in [1.807, 2.05) is 42.5 Å². The predicted octanol–water partition coefficient (Wildman–Crippen LogP) is 2.58. The number of rotatable bonds is 3. The number of para-hydroxylation sites is 2. The third-order valence-electron chi connectivity index (χ3n) is 5.15. The Labute approximate surface area is 156 Å². The van der Waals surface area contributed by atoms with E-state index in [-0.39, 0.29) is 5.78 Å². The van der Waals surface area contributed by atoms with Gasteiger partial charge in [-0.15, -0.1) is 0 Å². The van der Waals surface area contributed by atoms with E-state index < -0.39 is 0 Å². The van der Waals surface area contributed by atoms with Crippen LogP contribution < -0.4 is 10.1 Å². The molecule has 2 aromatic carbocycles. The second-order valence-corrected chi connectivity index (χ2v) is 6.91. The van der Waals surface area contributed by atoms with E-state index in [1.54, 1.807) is 6.08 Å². The molecule has 0 saturated carbocycles. The normalized spacial score (nSPS) is 18.8. The van der Waals surface area contributed by atoms with Crippen molar-refractivity contribution in [3.63, 3.8) is 0 Å². The Morgan fingerprint density at radius 1 is 1.11 bits per heavy atom. The smallest absolute Gasteiger partial charge is 0.232 e. The predicted molar refractivity (Wildman–Crippen MR) is 104 cm³/mol. The van der Waals surface area contributed by atoms with Crippen molar-refractivity contribution in [1.29, 1.82) is 0 Å². The van der Waals surface area contributed by atoms with Crippen molar-refractivity contribution < 1.29 is 9.53 Å². The van der Waals surface area contributed by atoms with Gasteiger partial charge in [-0.3, -0.25) is 14.8 Å². The molecule has 0 amide bonds. The number of aromatic nitrogens is 2. The maximum absolute atomic E-state index is 12.8. The lowest BCUT2D eigenvalue weighted by atomic mass is 10.1. The molecule has 136 valence electrons. The highest BCUT2D eigenvalue weighted by Crippen LogP contribution is 2.36. The molecule has 0 radical (unpaired) electrons. The Morgan fingerprint density at radius 2 is 1.96 bits per heavy atom. The van der Waals surface area contributed by atoms with E-state index in [0.29, 0.717) is 22.8 Å². The maximum atomic E-state index is 12.8. The Morgan fingerprint density at radius 3 is 2.85 bits per heavy atom. The average molecular weight is 360 g/mol. The lowest BCUT2D eigenvalue weighted by molar-refractivity contribution is 0.101. The number of benzene rings is 2. The van der Waals surface area contributed by atoms with Crippen molar-refractivity contribution >= 4 is 22.8 Å². The molecule has 3 aromatic rings.